The monoisotopic (exact) mass is 404 g/mol. The first-order valence-electron chi connectivity index (χ1n) is 9.06. The van der Waals surface area contributed by atoms with Gasteiger partial charge in [0.15, 0.2) is 0 Å². The molecule has 152 valence electrons. The first-order chi connectivity index (χ1) is 13.0. The molecule has 2 rings (SSSR count). The van der Waals surface area contributed by atoms with Crippen LogP contribution in [0.2, 0.25) is 0 Å². The summed E-state index contributed by atoms with van der Waals surface area (Å²) in [5, 5.41) is 2.81. The van der Waals surface area contributed by atoms with E-state index < -0.39 is 10.0 Å². The topological polar surface area (TPSA) is 75.7 Å². The van der Waals surface area contributed by atoms with Crippen molar-refractivity contribution in [2.24, 2.45) is 0 Å². The predicted molar refractivity (Wildman–Crippen MR) is 111 cm³/mol. The zero-order valence-electron chi connectivity index (χ0n) is 17.3. The number of rotatable bonds is 7. The standard InChI is InChI=1S/C21H28N2O4S/c1-14-7-8-20(16(3)11-14)27-10-9-21(24)22-19-13-18(12-15(2)17(19)4)28(25,26)23(5)6/h7-8,11-13H,9-10H2,1-6H3,(H,22,24). The van der Waals surface area contributed by atoms with Crippen LogP contribution in [0.4, 0.5) is 5.69 Å². The Kier molecular flexibility index (Phi) is 6.85. The van der Waals surface area contributed by atoms with E-state index in [1.54, 1.807) is 6.07 Å². The number of hydrogen-bond acceptors (Lipinski definition) is 4. The zero-order valence-corrected chi connectivity index (χ0v) is 18.1. The number of nitrogens with zero attached hydrogens (tertiary/aromatic N) is 1. The summed E-state index contributed by atoms with van der Waals surface area (Å²) in [6.07, 6.45) is 0.163. The summed E-state index contributed by atoms with van der Waals surface area (Å²) in [6.45, 7) is 7.89. The maximum Gasteiger partial charge on any atom is 0.242 e. The van der Waals surface area contributed by atoms with Crippen LogP contribution in [-0.2, 0) is 14.8 Å². The van der Waals surface area contributed by atoms with Crippen molar-refractivity contribution in [3.63, 3.8) is 0 Å². The van der Waals surface area contributed by atoms with E-state index in [4.69, 9.17) is 4.74 Å². The lowest BCUT2D eigenvalue weighted by Gasteiger charge is -2.16. The molecule has 0 aliphatic rings. The zero-order chi connectivity index (χ0) is 21.1. The number of carbonyl (C=O) groups excluding carboxylic acids is 1. The predicted octanol–water partition coefficient (Wildman–Crippen LogP) is 3.58. The van der Waals surface area contributed by atoms with Crippen LogP contribution < -0.4 is 10.1 Å². The van der Waals surface area contributed by atoms with Crippen LogP contribution in [0.25, 0.3) is 0 Å². The Bertz CT molecular complexity index is 982. The lowest BCUT2D eigenvalue weighted by atomic mass is 10.1. The highest BCUT2D eigenvalue weighted by atomic mass is 32.2. The number of hydrogen-bond donors (Lipinski definition) is 1. The SMILES string of the molecule is Cc1ccc(OCCC(=O)Nc2cc(S(=O)(=O)N(C)C)cc(C)c2C)c(C)c1. The third kappa shape index (κ3) is 5.11. The minimum atomic E-state index is -3.58. The minimum Gasteiger partial charge on any atom is -0.493 e. The Morgan fingerprint density at radius 2 is 1.71 bits per heavy atom. The molecule has 7 heteroatoms. The van der Waals surface area contributed by atoms with Crippen LogP contribution in [0, 0.1) is 27.7 Å². The van der Waals surface area contributed by atoms with Gasteiger partial charge in [0.25, 0.3) is 0 Å². The average molecular weight is 405 g/mol. The summed E-state index contributed by atoms with van der Waals surface area (Å²) >= 11 is 0. The summed E-state index contributed by atoms with van der Waals surface area (Å²) in [6, 6.07) is 9.00. The van der Waals surface area contributed by atoms with E-state index in [-0.39, 0.29) is 23.8 Å². The number of carbonyl (C=O) groups is 1. The molecule has 0 aliphatic carbocycles. The second-order valence-electron chi connectivity index (χ2n) is 7.12. The number of nitrogens with one attached hydrogen (secondary N) is 1. The molecule has 0 saturated carbocycles. The lowest BCUT2D eigenvalue weighted by molar-refractivity contribution is -0.116. The fourth-order valence-corrected chi connectivity index (χ4v) is 3.76. The molecule has 6 nitrogen and oxygen atoms in total. The normalized spacial score (nSPS) is 11.5. The van der Waals surface area contributed by atoms with Crippen molar-refractivity contribution in [2.45, 2.75) is 39.0 Å². The Morgan fingerprint density at radius 3 is 2.32 bits per heavy atom. The summed E-state index contributed by atoms with van der Waals surface area (Å²) in [7, 11) is -0.620. The molecule has 0 atom stereocenters. The number of ether oxygens (including phenoxy) is 1. The Morgan fingerprint density at radius 1 is 1.04 bits per heavy atom. The number of anilines is 1. The van der Waals surface area contributed by atoms with Gasteiger partial charge in [-0.2, -0.15) is 0 Å². The van der Waals surface area contributed by atoms with E-state index in [0.717, 1.165) is 32.3 Å². The molecule has 0 aromatic heterocycles. The van der Waals surface area contributed by atoms with Crippen LogP contribution in [-0.4, -0.2) is 39.3 Å². The number of benzene rings is 2. The van der Waals surface area contributed by atoms with Gasteiger partial charge in [0.2, 0.25) is 15.9 Å². The third-order valence-corrected chi connectivity index (χ3v) is 6.40. The highest BCUT2D eigenvalue weighted by Gasteiger charge is 2.20. The molecule has 0 fully saturated rings. The minimum absolute atomic E-state index is 0.155. The molecule has 0 radical (unpaired) electrons. The van der Waals surface area contributed by atoms with Gasteiger partial charge in [-0.05, 0) is 62.6 Å². The first-order valence-corrected chi connectivity index (χ1v) is 10.5. The molecule has 1 N–H and O–H groups in total. The maximum atomic E-state index is 12.4. The molecule has 0 unspecified atom stereocenters. The number of aryl methyl sites for hydroxylation is 3. The summed E-state index contributed by atoms with van der Waals surface area (Å²) in [5.41, 5.74) is 4.30. The molecule has 0 aliphatic heterocycles. The van der Waals surface area contributed by atoms with E-state index in [2.05, 4.69) is 5.32 Å². The Balaban J connectivity index is 2.08. The molecule has 0 saturated heterocycles. The van der Waals surface area contributed by atoms with Crippen molar-refractivity contribution in [1.29, 1.82) is 0 Å². The van der Waals surface area contributed by atoms with Gasteiger partial charge in [-0.25, -0.2) is 12.7 Å². The second-order valence-corrected chi connectivity index (χ2v) is 9.27. The fraction of sp³-hybridized carbons (Fsp3) is 0.381. The van der Waals surface area contributed by atoms with Gasteiger partial charge in [-0.15, -0.1) is 0 Å². The van der Waals surface area contributed by atoms with Gasteiger partial charge in [0.1, 0.15) is 5.75 Å². The van der Waals surface area contributed by atoms with Crippen LogP contribution in [0.5, 0.6) is 5.75 Å². The van der Waals surface area contributed by atoms with E-state index in [1.165, 1.54) is 20.2 Å². The fourth-order valence-electron chi connectivity index (χ4n) is 2.74. The molecular weight excluding hydrogens is 376 g/mol. The quantitative estimate of drug-likeness (QED) is 0.765. The van der Waals surface area contributed by atoms with Gasteiger partial charge in [-0.3, -0.25) is 4.79 Å². The number of sulfonamides is 1. The molecule has 2 aromatic carbocycles. The van der Waals surface area contributed by atoms with E-state index in [1.807, 2.05) is 45.9 Å². The van der Waals surface area contributed by atoms with Crippen molar-refractivity contribution in [2.75, 3.05) is 26.0 Å². The van der Waals surface area contributed by atoms with E-state index in [0.29, 0.717) is 5.69 Å². The summed E-state index contributed by atoms with van der Waals surface area (Å²) in [4.78, 5) is 12.5. The highest BCUT2D eigenvalue weighted by Crippen LogP contribution is 2.26. The van der Waals surface area contributed by atoms with Crippen LogP contribution in [0.15, 0.2) is 35.2 Å². The van der Waals surface area contributed by atoms with Gasteiger partial charge in [-0.1, -0.05) is 17.7 Å². The Hall–Kier alpha value is -2.38. The Labute approximate surface area is 167 Å². The van der Waals surface area contributed by atoms with Gasteiger partial charge in [0.05, 0.1) is 17.9 Å². The van der Waals surface area contributed by atoms with Crippen molar-refractivity contribution in [1.82, 2.24) is 4.31 Å². The molecule has 0 spiro atoms. The second kappa shape index (κ2) is 8.75. The van der Waals surface area contributed by atoms with Crippen LogP contribution in [0.1, 0.15) is 28.7 Å². The van der Waals surface area contributed by atoms with Crippen LogP contribution >= 0.6 is 0 Å². The van der Waals surface area contributed by atoms with E-state index >= 15 is 0 Å². The lowest BCUT2D eigenvalue weighted by Crippen LogP contribution is -2.23. The van der Waals surface area contributed by atoms with Crippen LogP contribution in [0.3, 0.4) is 0 Å². The highest BCUT2D eigenvalue weighted by molar-refractivity contribution is 7.89. The molecule has 0 bridgehead atoms. The summed E-state index contributed by atoms with van der Waals surface area (Å²) < 4.78 is 31.7. The maximum absolute atomic E-state index is 12.4. The molecule has 1 amide bonds. The molecule has 2 aromatic rings. The largest absolute Gasteiger partial charge is 0.493 e. The van der Waals surface area contributed by atoms with Crippen molar-refractivity contribution < 1.29 is 17.9 Å². The van der Waals surface area contributed by atoms with E-state index in [9.17, 15) is 13.2 Å². The first kappa shape index (κ1) is 21.9. The molecule has 28 heavy (non-hydrogen) atoms. The third-order valence-electron chi connectivity index (χ3n) is 4.61. The summed E-state index contributed by atoms with van der Waals surface area (Å²) in [5.74, 6) is 0.524. The number of amides is 1. The molecule has 0 heterocycles. The van der Waals surface area contributed by atoms with Gasteiger partial charge in [0, 0.05) is 19.8 Å². The van der Waals surface area contributed by atoms with Crippen molar-refractivity contribution >= 4 is 21.6 Å². The van der Waals surface area contributed by atoms with Gasteiger partial charge < -0.3 is 10.1 Å². The van der Waals surface area contributed by atoms with Gasteiger partial charge >= 0.3 is 0 Å². The van der Waals surface area contributed by atoms with Crippen molar-refractivity contribution in [3.8, 4) is 5.75 Å². The smallest absolute Gasteiger partial charge is 0.242 e. The average Bonchev–Trinajstić information content (AvgIpc) is 2.60. The molecular formula is C21H28N2O4S. The van der Waals surface area contributed by atoms with Crippen molar-refractivity contribution in [3.05, 3.63) is 52.6 Å².